The minimum absolute atomic E-state index is 0.0502. The van der Waals surface area contributed by atoms with Gasteiger partial charge in [-0.1, -0.05) is 13.8 Å². The second kappa shape index (κ2) is 6.54. The van der Waals surface area contributed by atoms with Crippen LogP contribution < -0.4 is 4.74 Å². The van der Waals surface area contributed by atoms with Gasteiger partial charge < -0.3 is 9.84 Å². The van der Waals surface area contributed by atoms with Crippen LogP contribution in [0.2, 0.25) is 0 Å². The Labute approximate surface area is 107 Å². The van der Waals surface area contributed by atoms with Crippen LogP contribution in [0.15, 0.2) is 24.7 Å². The van der Waals surface area contributed by atoms with Gasteiger partial charge in [-0.05, 0) is 26.0 Å². The lowest BCUT2D eigenvalue weighted by Gasteiger charge is -2.08. The third-order valence-electron chi connectivity index (χ3n) is 2.14. The monoisotopic (exact) mass is 247 g/mol. The van der Waals surface area contributed by atoms with Gasteiger partial charge in [0.15, 0.2) is 5.75 Å². The summed E-state index contributed by atoms with van der Waals surface area (Å²) in [5.41, 5.74) is 1.21. The van der Waals surface area contributed by atoms with Gasteiger partial charge in [0, 0.05) is 6.20 Å². The first-order chi connectivity index (χ1) is 8.68. The molecule has 2 heterocycles. The highest BCUT2D eigenvalue weighted by atomic mass is 16.5. The van der Waals surface area contributed by atoms with Crippen LogP contribution >= 0.6 is 0 Å². The van der Waals surface area contributed by atoms with E-state index in [-0.39, 0.29) is 11.6 Å². The van der Waals surface area contributed by atoms with Crippen LogP contribution in [0, 0.1) is 13.8 Å². The van der Waals surface area contributed by atoms with Crippen molar-refractivity contribution in [1.29, 1.82) is 0 Å². The number of hydrogen-bond acceptors (Lipinski definition) is 5. The second-order valence-electron chi connectivity index (χ2n) is 3.30. The number of rotatable bonds is 2. The number of nitrogens with zero attached hydrogens (tertiary/aromatic N) is 3. The van der Waals surface area contributed by atoms with Crippen molar-refractivity contribution in [3.05, 3.63) is 36.0 Å². The van der Waals surface area contributed by atoms with Crippen molar-refractivity contribution >= 4 is 0 Å². The summed E-state index contributed by atoms with van der Waals surface area (Å²) < 4.78 is 5.46. The van der Waals surface area contributed by atoms with E-state index in [2.05, 4.69) is 15.0 Å². The van der Waals surface area contributed by atoms with Crippen molar-refractivity contribution in [3.8, 4) is 17.4 Å². The molecule has 18 heavy (non-hydrogen) atoms. The summed E-state index contributed by atoms with van der Waals surface area (Å²) >= 11 is 0. The van der Waals surface area contributed by atoms with E-state index in [9.17, 15) is 5.11 Å². The fraction of sp³-hybridized carbons (Fsp3) is 0.308. The van der Waals surface area contributed by atoms with Gasteiger partial charge in [0.25, 0.3) is 5.88 Å². The molecule has 2 aromatic heterocycles. The zero-order chi connectivity index (χ0) is 13.5. The topological polar surface area (TPSA) is 68.1 Å². The fourth-order valence-corrected chi connectivity index (χ4v) is 1.20. The summed E-state index contributed by atoms with van der Waals surface area (Å²) in [5.74, 6) is 0.658. The van der Waals surface area contributed by atoms with Gasteiger partial charge in [-0.25, -0.2) is 4.98 Å². The molecule has 0 aliphatic carbocycles. The average Bonchev–Trinajstić information content (AvgIpc) is 2.40. The zero-order valence-corrected chi connectivity index (χ0v) is 11.0. The highest BCUT2D eigenvalue weighted by Gasteiger charge is 2.10. The van der Waals surface area contributed by atoms with E-state index in [0.29, 0.717) is 11.4 Å². The van der Waals surface area contributed by atoms with E-state index >= 15 is 0 Å². The van der Waals surface area contributed by atoms with Gasteiger partial charge in [-0.3, -0.25) is 4.98 Å². The van der Waals surface area contributed by atoms with Gasteiger partial charge in [-0.2, -0.15) is 4.98 Å². The summed E-state index contributed by atoms with van der Waals surface area (Å²) in [4.78, 5) is 11.8. The number of aromatic nitrogens is 3. The van der Waals surface area contributed by atoms with Gasteiger partial charge in [0.1, 0.15) is 6.33 Å². The molecule has 0 fully saturated rings. The normalized spacial score (nSPS) is 9.33. The van der Waals surface area contributed by atoms with Crippen LogP contribution in [0.4, 0.5) is 0 Å². The van der Waals surface area contributed by atoms with Crippen molar-refractivity contribution in [2.45, 2.75) is 27.7 Å². The van der Waals surface area contributed by atoms with Crippen LogP contribution in [0.5, 0.6) is 17.4 Å². The highest BCUT2D eigenvalue weighted by Crippen LogP contribution is 2.30. The smallest absolute Gasteiger partial charge is 0.265 e. The lowest BCUT2D eigenvalue weighted by atomic mass is 10.3. The summed E-state index contributed by atoms with van der Waals surface area (Å²) in [6.07, 6.45) is 3.02. The Kier molecular flexibility index (Phi) is 5.05. The Morgan fingerprint density at radius 2 is 1.78 bits per heavy atom. The van der Waals surface area contributed by atoms with Crippen LogP contribution in [0.1, 0.15) is 25.2 Å². The highest BCUT2D eigenvalue weighted by molar-refractivity contribution is 5.39. The minimum atomic E-state index is -0.0502. The average molecular weight is 247 g/mol. The number of aryl methyl sites for hydroxylation is 2. The number of hydrogen-bond donors (Lipinski definition) is 1. The Morgan fingerprint density at radius 1 is 1.06 bits per heavy atom. The molecule has 0 saturated carbocycles. The Balaban J connectivity index is 0.000000771. The van der Waals surface area contributed by atoms with Gasteiger partial charge in [0.05, 0.1) is 11.4 Å². The maximum atomic E-state index is 9.68. The molecule has 0 radical (unpaired) electrons. The predicted octanol–water partition coefficient (Wildman–Crippen LogP) is 3.01. The molecule has 0 amide bonds. The quantitative estimate of drug-likeness (QED) is 0.883. The molecule has 96 valence electrons. The predicted molar refractivity (Wildman–Crippen MR) is 68.8 cm³/mol. The van der Waals surface area contributed by atoms with Gasteiger partial charge in [-0.15, -0.1) is 0 Å². The molecule has 0 atom stereocenters. The summed E-state index contributed by atoms with van der Waals surface area (Å²) in [5, 5.41) is 9.68. The standard InChI is InChI=1S/C11H11N3O2.C2H6/c1-7-9(4-3-5-12-7)16-11-10(15)8(2)13-6-14-11;1-2/h3-6,15H,1-2H3;1-2H3. The molecule has 0 unspecified atom stereocenters. The molecule has 0 bridgehead atoms. The maximum Gasteiger partial charge on any atom is 0.265 e. The van der Waals surface area contributed by atoms with Crippen LogP contribution in [0.3, 0.4) is 0 Å². The third kappa shape index (κ3) is 3.16. The Hall–Kier alpha value is -2.17. The summed E-state index contributed by atoms with van der Waals surface area (Å²) in [7, 11) is 0. The molecule has 2 rings (SSSR count). The van der Waals surface area contributed by atoms with E-state index in [1.807, 2.05) is 20.8 Å². The van der Waals surface area contributed by atoms with Crippen molar-refractivity contribution in [3.63, 3.8) is 0 Å². The Bertz CT molecular complexity index is 515. The fourth-order valence-electron chi connectivity index (χ4n) is 1.20. The third-order valence-corrected chi connectivity index (χ3v) is 2.14. The van der Waals surface area contributed by atoms with Gasteiger partial charge >= 0.3 is 0 Å². The first-order valence-corrected chi connectivity index (χ1v) is 5.78. The summed E-state index contributed by atoms with van der Waals surface area (Å²) in [6, 6.07) is 3.52. The van der Waals surface area contributed by atoms with E-state index in [4.69, 9.17) is 4.74 Å². The largest absolute Gasteiger partial charge is 0.502 e. The van der Waals surface area contributed by atoms with E-state index in [0.717, 1.165) is 5.69 Å². The molecule has 0 aliphatic heterocycles. The Morgan fingerprint density at radius 3 is 2.44 bits per heavy atom. The lowest BCUT2D eigenvalue weighted by molar-refractivity contribution is 0.389. The minimum Gasteiger partial charge on any atom is -0.502 e. The molecule has 5 heteroatoms. The van der Waals surface area contributed by atoms with Crippen LogP contribution in [-0.4, -0.2) is 20.1 Å². The summed E-state index contributed by atoms with van der Waals surface area (Å²) in [6.45, 7) is 7.50. The van der Waals surface area contributed by atoms with E-state index in [1.165, 1.54) is 6.33 Å². The van der Waals surface area contributed by atoms with Crippen molar-refractivity contribution in [1.82, 2.24) is 15.0 Å². The first-order valence-electron chi connectivity index (χ1n) is 5.78. The molecular weight excluding hydrogens is 230 g/mol. The molecule has 0 spiro atoms. The molecule has 0 aliphatic rings. The number of ether oxygens (including phenoxy) is 1. The van der Waals surface area contributed by atoms with Crippen molar-refractivity contribution in [2.75, 3.05) is 0 Å². The van der Waals surface area contributed by atoms with Crippen molar-refractivity contribution < 1.29 is 9.84 Å². The molecule has 2 aromatic rings. The molecule has 5 nitrogen and oxygen atoms in total. The molecule has 0 saturated heterocycles. The van der Waals surface area contributed by atoms with Crippen molar-refractivity contribution in [2.24, 2.45) is 0 Å². The van der Waals surface area contributed by atoms with Crippen LogP contribution in [0.25, 0.3) is 0 Å². The van der Waals surface area contributed by atoms with E-state index in [1.54, 1.807) is 25.3 Å². The maximum absolute atomic E-state index is 9.68. The zero-order valence-electron chi connectivity index (χ0n) is 11.0. The van der Waals surface area contributed by atoms with E-state index < -0.39 is 0 Å². The molecular formula is C13H17N3O2. The van der Waals surface area contributed by atoms with Gasteiger partial charge in [0.2, 0.25) is 5.75 Å². The SMILES string of the molecule is CC.Cc1ncccc1Oc1ncnc(C)c1O. The molecule has 0 aromatic carbocycles. The number of aromatic hydroxyl groups is 1. The first kappa shape index (κ1) is 13.9. The van der Waals surface area contributed by atoms with Crippen LogP contribution in [-0.2, 0) is 0 Å². The lowest BCUT2D eigenvalue weighted by Crippen LogP contribution is -1.94. The second-order valence-corrected chi connectivity index (χ2v) is 3.30. The molecule has 1 N–H and O–H groups in total. The number of pyridine rings is 1.